The highest BCUT2D eigenvalue weighted by Crippen LogP contribution is 2.32. The number of nitrogens with zero attached hydrogens (tertiary/aromatic N) is 3. The average Bonchev–Trinajstić information content (AvgIpc) is 3.21. The summed E-state index contributed by atoms with van der Waals surface area (Å²) in [5.74, 6) is 1.14. The molecule has 30 heavy (non-hydrogen) atoms. The number of para-hydroxylation sites is 1. The Bertz CT molecular complexity index is 1060. The number of pyridine rings is 1. The molecule has 8 heteroatoms. The van der Waals surface area contributed by atoms with E-state index in [0.717, 1.165) is 22.2 Å². The molecule has 1 amide bonds. The lowest BCUT2D eigenvalue weighted by molar-refractivity contribution is -0.0349. The maximum absolute atomic E-state index is 12.7. The largest absolute Gasteiger partial charge is 0.480 e. The summed E-state index contributed by atoms with van der Waals surface area (Å²) >= 11 is 0. The summed E-state index contributed by atoms with van der Waals surface area (Å²) in [6.45, 7) is 6.81. The molecule has 3 heterocycles. The van der Waals surface area contributed by atoms with Gasteiger partial charge in [0.15, 0.2) is 0 Å². The number of carbonyl (C=O) groups excluding carboxylic acids is 1. The van der Waals surface area contributed by atoms with E-state index in [1.807, 2.05) is 51.1 Å². The Morgan fingerprint density at radius 2 is 2.10 bits per heavy atom. The van der Waals surface area contributed by atoms with E-state index in [1.54, 1.807) is 18.2 Å². The van der Waals surface area contributed by atoms with Crippen LogP contribution in [-0.4, -0.2) is 58.4 Å². The van der Waals surface area contributed by atoms with Crippen LogP contribution in [0.15, 0.2) is 36.5 Å². The number of carbonyl (C=O) groups is 1. The summed E-state index contributed by atoms with van der Waals surface area (Å²) in [4.78, 5) is 26.8. The predicted octanol–water partition coefficient (Wildman–Crippen LogP) is 3.94. The van der Waals surface area contributed by atoms with Gasteiger partial charge in [-0.15, -0.1) is 0 Å². The van der Waals surface area contributed by atoms with E-state index in [-0.39, 0.29) is 12.1 Å². The molecule has 0 aliphatic carbocycles. The normalized spacial score (nSPS) is 17.2. The van der Waals surface area contributed by atoms with Gasteiger partial charge in [0, 0.05) is 11.9 Å². The first-order valence-electron chi connectivity index (χ1n) is 9.92. The van der Waals surface area contributed by atoms with Gasteiger partial charge in [0.05, 0.1) is 43.3 Å². The van der Waals surface area contributed by atoms with Gasteiger partial charge in [-0.2, -0.15) is 0 Å². The molecule has 1 aliphatic rings. The van der Waals surface area contributed by atoms with Crippen LogP contribution < -0.4 is 4.74 Å². The first-order chi connectivity index (χ1) is 14.4. The summed E-state index contributed by atoms with van der Waals surface area (Å²) in [5.41, 5.74) is 1.85. The van der Waals surface area contributed by atoms with Gasteiger partial charge < -0.3 is 19.2 Å². The van der Waals surface area contributed by atoms with Crippen molar-refractivity contribution in [2.45, 2.75) is 32.4 Å². The van der Waals surface area contributed by atoms with E-state index in [4.69, 9.17) is 14.2 Å². The van der Waals surface area contributed by atoms with Crippen LogP contribution >= 0.6 is 0 Å². The number of aromatic nitrogens is 3. The zero-order chi connectivity index (χ0) is 21.3. The second-order valence-electron chi connectivity index (χ2n) is 8.18. The van der Waals surface area contributed by atoms with E-state index < -0.39 is 5.60 Å². The minimum atomic E-state index is -0.571. The first-order valence-corrected chi connectivity index (χ1v) is 9.92. The van der Waals surface area contributed by atoms with Crippen LogP contribution in [0.1, 0.15) is 32.6 Å². The molecule has 1 aliphatic heterocycles. The van der Waals surface area contributed by atoms with Crippen LogP contribution in [0.2, 0.25) is 0 Å². The van der Waals surface area contributed by atoms with Gasteiger partial charge in [-0.25, -0.2) is 14.8 Å². The van der Waals surface area contributed by atoms with Crippen molar-refractivity contribution in [2.75, 3.05) is 26.9 Å². The number of hydrogen-bond acceptors (Lipinski definition) is 6. The molecule has 0 saturated carbocycles. The van der Waals surface area contributed by atoms with Crippen molar-refractivity contribution in [3.63, 3.8) is 0 Å². The van der Waals surface area contributed by atoms with Crippen molar-refractivity contribution in [3.8, 4) is 17.1 Å². The number of hydrogen-bond donors (Lipinski definition) is 1. The third-order valence-corrected chi connectivity index (χ3v) is 4.84. The molecule has 1 aromatic carbocycles. The average molecular weight is 410 g/mol. The molecule has 0 radical (unpaired) electrons. The van der Waals surface area contributed by atoms with Crippen LogP contribution in [0.4, 0.5) is 4.79 Å². The smallest absolute Gasteiger partial charge is 0.411 e. The number of ether oxygens (including phenoxy) is 3. The summed E-state index contributed by atoms with van der Waals surface area (Å²) in [7, 11) is 1.59. The maximum atomic E-state index is 12.7. The van der Waals surface area contributed by atoms with Crippen molar-refractivity contribution in [1.82, 2.24) is 19.9 Å². The number of aromatic amines is 1. The second-order valence-corrected chi connectivity index (χ2v) is 8.18. The Labute approximate surface area is 175 Å². The van der Waals surface area contributed by atoms with Gasteiger partial charge in [0.2, 0.25) is 5.88 Å². The Balaban J connectivity index is 1.66. The van der Waals surface area contributed by atoms with Crippen molar-refractivity contribution < 1.29 is 19.0 Å². The van der Waals surface area contributed by atoms with E-state index in [9.17, 15) is 4.79 Å². The van der Waals surface area contributed by atoms with Crippen molar-refractivity contribution in [2.24, 2.45) is 0 Å². The van der Waals surface area contributed by atoms with Gasteiger partial charge in [-0.1, -0.05) is 18.2 Å². The van der Waals surface area contributed by atoms with Crippen LogP contribution in [0.3, 0.4) is 0 Å². The second kappa shape index (κ2) is 7.95. The van der Waals surface area contributed by atoms with Crippen molar-refractivity contribution in [3.05, 3.63) is 42.4 Å². The number of H-pyrrole nitrogens is 1. The quantitative estimate of drug-likeness (QED) is 0.703. The highest BCUT2D eigenvalue weighted by atomic mass is 16.6. The van der Waals surface area contributed by atoms with Crippen LogP contribution in [-0.2, 0) is 9.47 Å². The van der Waals surface area contributed by atoms with E-state index in [0.29, 0.717) is 31.5 Å². The SMILES string of the molecule is COc1nc2ccccc2cc1-c1cnc(C2COCCN2C(=O)OC(C)(C)C)[nH]1. The number of rotatable bonds is 3. The number of amides is 1. The fraction of sp³-hybridized carbons (Fsp3) is 0.409. The third-order valence-electron chi connectivity index (χ3n) is 4.84. The van der Waals surface area contributed by atoms with Crippen LogP contribution in [0.25, 0.3) is 22.2 Å². The molecule has 4 rings (SSSR count). The maximum Gasteiger partial charge on any atom is 0.411 e. The molecule has 0 spiro atoms. The molecule has 1 fully saturated rings. The number of morpholine rings is 1. The zero-order valence-corrected chi connectivity index (χ0v) is 17.6. The molecule has 1 N–H and O–H groups in total. The highest BCUT2D eigenvalue weighted by Gasteiger charge is 2.34. The molecular formula is C22H26N4O4. The van der Waals surface area contributed by atoms with E-state index >= 15 is 0 Å². The van der Waals surface area contributed by atoms with Crippen molar-refractivity contribution in [1.29, 1.82) is 0 Å². The minimum absolute atomic E-state index is 0.347. The first kappa shape index (κ1) is 20.2. The van der Waals surface area contributed by atoms with Gasteiger partial charge >= 0.3 is 6.09 Å². The summed E-state index contributed by atoms with van der Waals surface area (Å²) in [5, 5.41) is 1.00. The molecule has 1 saturated heterocycles. The Morgan fingerprint density at radius 3 is 2.87 bits per heavy atom. The summed E-state index contributed by atoms with van der Waals surface area (Å²) < 4.78 is 16.7. The Morgan fingerprint density at radius 1 is 1.30 bits per heavy atom. The van der Waals surface area contributed by atoms with Gasteiger partial charge in [-0.3, -0.25) is 4.90 Å². The third kappa shape index (κ3) is 4.09. The molecule has 0 bridgehead atoms. The summed E-state index contributed by atoms with van der Waals surface area (Å²) in [6.07, 6.45) is 1.35. The molecule has 1 unspecified atom stereocenters. The number of benzene rings is 1. The topological polar surface area (TPSA) is 89.6 Å². The van der Waals surface area contributed by atoms with Crippen molar-refractivity contribution >= 4 is 17.0 Å². The Kier molecular flexibility index (Phi) is 5.34. The minimum Gasteiger partial charge on any atom is -0.480 e. The number of fused-ring (bicyclic) bond motifs is 1. The van der Waals surface area contributed by atoms with Crippen LogP contribution in [0, 0.1) is 0 Å². The molecule has 3 aromatic rings. The number of imidazole rings is 1. The van der Waals surface area contributed by atoms with E-state index in [1.165, 1.54) is 0 Å². The van der Waals surface area contributed by atoms with Gasteiger partial charge in [0.1, 0.15) is 17.5 Å². The Hall–Kier alpha value is -3.13. The highest BCUT2D eigenvalue weighted by molar-refractivity contribution is 5.85. The van der Waals surface area contributed by atoms with Gasteiger partial charge in [0.25, 0.3) is 0 Å². The predicted molar refractivity (Wildman–Crippen MR) is 112 cm³/mol. The fourth-order valence-electron chi connectivity index (χ4n) is 3.46. The lowest BCUT2D eigenvalue weighted by Gasteiger charge is -2.35. The molecule has 2 aromatic heterocycles. The lowest BCUT2D eigenvalue weighted by atomic mass is 10.1. The summed E-state index contributed by atoms with van der Waals surface area (Å²) in [6, 6.07) is 9.51. The molecular weight excluding hydrogens is 384 g/mol. The standard InChI is InChI=1S/C22H26N4O4/c1-22(2,3)30-21(27)26-9-10-29-13-18(26)19-23-12-17(24-19)15-11-14-7-5-6-8-16(14)25-20(15)28-4/h5-8,11-12,18H,9-10,13H2,1-4H3,(H,23,24). The number of nitrogens with one attached hydrogen (secondary N) is 1. The number of methoxy groups -OCH3 is 1. The van der Waals surface area contributed by atoms with E-state index in [2.05, 4.69) is 15.0 Å². The zero-order valence-electron chi connectivity index (χ0n) is 17.6. The van der Waals surface area contributed by atoms with Gasteiger partial charge in [-0.05, 0) is 32.9 Å². The molecule has 158 valence electrons. The molecule has 8 nitrogen and oxygen atoms in total. The van der Waals surface area contributed by atoms with Crippen LogP contribution in [0.5, 0.6) is 5.88 Å². The molecule has 1 atom stereocenters. The monoisotopic (exact) mass is 410 g/mol. The fourth-order valence-corrected chi connectivity index (χ4v) is 3.46. The lowest BCUT2D eigenvalue weighted by Crippen LogP contribution is -2.46.